The number of hydrogen-bond donors (Lipinski definition) is 2. The van der Waals surface area contributed by atoms with E-state index in [0.717, 1.165) is 36.6 Å². The molecule has 0 aliphatic carbocycles. The lowest BCUT2D eigenvalue weighted by Gasteiger charge is -2.31. The van der Waals surface area contributed by atoms with E-state index >= 15 is 0 Å². The van der Waals surface area contributed by atoms with Crippen LogP contribution in [0.4, 0.5) is 16.2 Å². The summed E-state index contributed by atoms with van der Waals surface area (Å²) in [5, 5.41) is 5.89. The van der Waals surface area contributed by atoms with Gasteiger partial charge in [-0.15, -0.1) is 0 Å². The number of para-hydroxylation sites is 1. The Labute approximate surface area is 182 Å². The van der Waals surface area contributed by atoms with E-state index in [9.17, 15) is 9.59 Å². The lowest BCUT2D eigenvalue weighted by molar-refractivity contribution is -0.121. The van der Waals surface area contributed by atoms with Crippen molar-refractivity contribution in [1.29, 1.82) is 0 Å². The highest BCUT2D eigenvalue weighted by molar-refractivity contribution is 5.93. The van der Waals surface area contributed by atoms with Crippen LogP contribution in [-0.2, 0) is 9.53 Å². The molecule has 1 atom stereocenters. The third-order valence-corrected chi connectivity index (χ3v) is 5.74. The first kappa shape index (κ1) is 21.2. The number of piperidine rings is 1. The van der Waals surface area contributed by atoms with Crippen LogP contribution >= 0.6 is 0 Å². The third-order valence-electron chi connectivity index (χ3n) is 5.74. The van der Waals surface area contributed by atoms with E-state index in [1.807, 2.05) is 54.6 Å². The van der Waals surface area contributed by atoms with Crippen LogP contribution in [0.1, 0.15) is 25.7 Å². The molecule has 7 heteroatoms. The van der Waals surface area contributed by atoms with Gasteiger partial charge in [-0.3, -0.25) is 4.79 Å². The SMILES string of the molecule is O=C(Nc1cccc(OCC2CCCO2)c1)C1CCN(C(=O)Nc2ccccc2)CC1. The van der Waals surface area contributed by atoms with Crippen molar-refractivity contribution in [2.45, 2.75) is 31.8 Å². The second-order valence-electron chi connectivity index (χ2n) is 8.02. The monoisotopic (exact) mass is 423 g/mol. The quantitative estimate of drug-likeness (QED) is 0.732. The largest absolute Gasteiger partial charge is 0.491 e. The molecule has 164 valence electrons. The number of rotatable bonds is 6. The van der Waals surface area contributed by atoms with Gasteiger partial charge in [0.25, 0.3) is 0 Å². The molecule has 3 amide bonds. The van der Waals surface area contributed by atoms with E-state index in [1.165, 1.54) is 0 Å². The summed E-state index contributed by atoms with van der Waals surface area (Å²) in [7, 11) is 0. The number of urea groups is 1. The maximum absolute atomic E-state index is 12.7. The molecule has 2 aliphatic rings. The van der Waals surface area contributed by atoms with Crippen LogP contribution in [0, 0.1) is 5.92 Å². The Balaban J connectivity index is 1.23. The molecule has 2 N–H and O–H groups in total. The van der Waals surface area contributed by atoms with Gasteiger partial charge in [-0.1, -0.05) is 24.3 Å². The van der Waals surface area contributed by atoms with Crippen LogP contribution in [0.25, 0.3) is 0 Å². The third kappa shape index (κ3) is 5.98. The minimum Gasteiger partial charge on any atom is -0.491 e. The average molecular weight is 424 g/mol. The molecule has 31 heavy (non-hydrogen) atoms. The number of ether oxygens (including phenoxy) is 2. The van der Waals surface area contributed by atoms with E-state index in [4.69, 9.17) is 9.47 Å². The standard InChI is InChI=1S/C24H29N3O4/c28-23(25-20-8-4-9-21(16-20)31-17-22-10-5-15-30-22)18-11-13-27(14-12-18)24(29)26-19-6-2-1-3-7-19/h1-4,6-9,16,18,22H,5,10-15,17H2,(H,25,28)(H,26,29). The topological polar surface area (TPSA) is 79.9 Å². The molecule has 0 saturated carbocycles. The molecule has 2 aromatic carbocycles. The summed E-state index contributed by atoms with van der Waals surface area (Å²) in [6.07, 6.45) is 3.55. The van der Waals surface area contributed by atoms with Crippen LogP contribution < -0.4 is 15.4 Å². The molecule has 1 unspecified atom stereocenters. The number of nitrogens with zero attached hydrogens (tertiary/aromatic N) is 1. The molecule has 4 rings (SSSR count). The number of carbonyl (C=O) groups excluding carboxylic acids is 2. The molecule has 2 fully saturated rings. The first-order valence-electron chi connectivity index (χ1n) is 10.9. The van der Waals surface area contributed by atoms with Crippen molar-refractivity contribution in [2.24, 2.45) is 5.92 Å². The Bertz CT molecular complexity index is 875. The minimum atomic E-state index is -0.124. The molecule has 0 radical (unpaired) electrons. The van der Waals surface area contributed by atoms with Crippen molar-refractivity contribution in [3.8, 4) is 5.75 Å². The molecule has 2 saturated heterocycles. The highest BCUT2D eigenvalue weighted by Gasteiger charge is 2.27. The van der Waals surface area contributed by atoms with Gasteiger partial charge in [-0.2, -0.15) is 0 Å². The number of carbonyl (C=O) groups is 2. The summed E-state index contributed by atoms with van der Waals surface area (Å²) >= 11 is 0. The zero-order valence-corrected chi connectivity index (χ0v) is 17.6. The summed E-state index contributed by atoms with van der Waals surface area (Å²) in [6.45, 7) is 2.44. The highest BCUT2D eigenvalue weighted by Crippen LogP contribution is 2.23. The van der Waals surface area contributed by atoms with Gasteiger partial charge in [0.1, 0.15) is 12.4 Å². The maximum Gasteiger partial charge on any atom is 0.321 e. The minimum absolute atomic E-state index is 0.0145. The number of benzene rings is 2. The van der Waals surface area contributed by atoms with Crippen LogP contribution in [0.5, 0.6) is 5.75 Å². The van der Waals surface area contributed by atoms with Crippen molar-refractivity contribution in [3.05, 3.63) is 54.6 Å². The lowest BCUT2D eigenvalue weighted by atomic mass is 9.96. The molecule has 0 spiro atoms. The van der Waals surface area contributed by atoms with Crippen molar-refractivity contribution in [3.63, 3.8) is 0 Å². The lowest BCUT2D eigenvalue weighted by Crippen LogP contribution is -2.43. The maximum atomic E-state index is 12.7. The number of hydrogen-bond acceptors (Lipinski definition) is 4. The predicted molar refractivity (Wildman–Crippen MR) is 119 cm³/mol. The second-order valence-corrected chi connectivity index (χ2v) is 8.02. The Hall–Kier alpha value is -3.06. The summed E-state index contributed by atoms with van der Waals surface area (Å²) in [6, 6.07) is 16.7. The molecule has 2 aliphatic heterocycles. The fourth-order valence-corrected chi connectivity index (χ4v) is 3.94. The highest BCUT2D eigenvalue weighted by atomic mass is 16.5. The molecular formula is C24H29N3O4. The Morgan fingerprint density at radius 2 is 1.74 bits per heavy atom. The molecule has 2 aromatic rings. The first-order valence-corrected chi connectivity index (χ1v) is 10.9. The molecular weight excluding hydrogens is 394 g/mol. The average Bonchev–Trinajstić information content (AvgIpc) is 3.32. The zero-order chi connectivity index (χ0) is 21.5. The van der Waals surface area contributed by atoms with Gasteiger partial charge in [-0.25, -0.2) is 4.79 Å². The van der Waals surface area contributed by atoms with Crippen LogP contribution in [0.2, 0.25) is 0 Å². The summed E-state index contributed by atoms with van der Waals surface area (Å²) in [5.74, 6) is 0.595. The predicted octanol–water partition coefficient (Wildman–Crippen LogP) is 4.13. The molecule has 0 bridgehead atoms. The van der Waals surface area contributed by atoms with Gasteiger partial charge in [0, 0.05) is 43.1 Å². The fraction of sp³-hybridized carbons (Fsp3) is 0.417. The van der Waals surface area contributed by atoms with E-state index in [0.29, 0.717) is 32.5 Å². The number of amides is 3. The Kier molecular flexibility index (Phi) is 7.04. The second kappa shape index (κ2) is 10.3. The van der Waals surface area contributed by atoms with Crippen molar-refractivity contribution in [2.75, 3.05) is 36.9 Å². The van der Waals surface area contributed by atoms with E-state index in [1.54, 1.807) is 4.90 Å². The van der Waals surface area contributed by atoms with Crippen molar-refractivity contribution in [1.82, 2.24) is 4.90 Å². The van der Waals surface area contributed by atoms with Crippen molar-refractivity contribution < 1.29 is 19.1 Å². The molecule has 2 heterocycles. The van der Waals surface area contributed by atoms with Gasteiger partial charge in [0.15, 0.2) is 0 Å². The Morgan fingerprint density at radius 1 is 0.968 bits per heavy atom. The van der Waals surface area contributed by atoms with Gasteiger partial charge in [-0.05, 0) is 49.9 Å². The molecule has 7 nitrogen and oxygen atoms in total. The summed E-state index contributed by atoms with van der Waals surface area (Å²) in [4.78, 5) is 26.9. The van der Waals surface area contributed by atoms with Crippen molar-refractivity contribution >= 4 is 23.3 Å². The molecule has 0 aromatic heterocycles. The van der Waals surface area contributed by atoms with E-state index in [-0.39, 0.29) is 24.0 Å². The number of likely N-dealkylation sites (tertiary alicyclic amines) is 1. The first-order chi connectivity index (χ1) is 15.2. The van der Waals surface area contributed by atoms with Gasteiger partial charge in [0.05, 0.1) is 6.10 Å². The zero-order valence-electron chi connectivity index (χ0n) is 17.6. The van der Waals surface area contributed by atoms with Gasteiger partial charge in [0.2, 0.25) is 5.91 Å². The van der Waals surface area contributed by atoms with E-state index in [2.05, 4.69) is 10.6 Å². The summed E-state index contributed by atoms with van der Waals surface area (Å²) < 4.78 is 11.4. The van der Waals surface area contributed by atoms with Crippen LogP contribution in [-0.4, -0.2) is 49.2 Å². The smallest absolute Gasteiger partial charge is 0.321 e. The normalized spacial score (nSPS) is 19.1. The summed E-state index contributed by atoms with van der Waals surface area (Å²) in [5.41, 5.74) is 1.49. The van der Waals surface area contributed by atoms with Crippen LogP contribution in [0.3, 0.4) is 0 Å². The van der Waals surface area contributed by atoms with E-state index < -0.39 is 0 Å². The van der Waals surface area contributed by atoms with Crippen LogP contribution in [0.15, 0.2) is 54.6 Å². The number of anilines is 2. The Morgan fingerprint density at radius 3 is 2.48 bits per heavy atom. The van der Waals surface area contributed by atoms with Gasteiger partial charge >= 0.3 is 6.03 Å². The van der Waals surface area contributed by atoms with Gasteiger partial charge < -0.3 is 25.0 Å². The number of nitrogens with one attached hydrogen (secondary N) is 2. The fourth-order valence-electron chi connectivity index (χ4n) is 3.94.